The minimum Gasteiger partial charge on any atom is -0.490 e. The number of nitrogens with zero attached hydrogens (tertiary/aromatic N) is 2. The topological polar surface area (TPSA) is 82.1 Å². The lowest BCUT2D eigenvalue weighted by atomic mass is 9.76. The van der Waals surface area contributed by atoms with E-state index in [1.165, 1.54) is 0 Å². The highest BCUT2D eigenvalue weighted by atomic mass is 35.5. The number of rotatable bonds is 5. The fraction of sp³-hybridized carbons (Fsp3) is 0.417. The van der Waals surface area contributed by atoms with Gasteiger partial charge in [0.25, 0.3) is 0 Å². The quantitative estimate of drug-likeness (QED) is 0.487. The van der Waals surface area contributed by atoms with Gasteiger partial charge < -0.3 is 14.5 Å². The molecule has 0 radical (unpaired) electrons. The zero-order valence-electron chi connectivity index (χ0n) is 18.1. The van der Waals surface area contributed by atoms with Crippen LogP contribution in [0.5, 0.6) is 5.75 Å². The molecule has 2 aromatic carbocycles. The van der Waals surface area contributed by atoms with Crippen molar-refractivity contribution in [3.05, 3.63) is 58.6 Å². The number of halogens is 2. The molecule has 3 atom stereocenters. The molecule has 2 aliphatic rings. The molecule has 2 fully saturated rings. The Labute approximate surface area is 203 Å². The SMILES string of the molecule is O=C(NO)[C@@H]1C[C@H](Oc2cc(Cl)cc(Cl)c2)CC[C@H]1C(=O)N1CCN(c2ccccc2)CC1. The van der Waals surface area contributed by atoms with Crippen LogP contribution >= 0.6 is 23.2 Å². The van der Waals surface area contributed by atoms with E-state index in [-0.39, 0.29) is 12.0 Å². The second-order valence-electron chi connectivity index (χ2n) is 8.49. The number of piperazine rings is 1. The number of anilines is 1. The maximum absolute atomic E-state index is 13.4. The van der Waals surface area contributed by atoms with Gasteiger partial charge >= 0.3 is 0 Å². The molecule has 33 heavy (non-hydrogen) atoms. The van der Waals surface area contributed by atoms with E-state index in [2.05, 4.69) is 17.0 Å². The molecule has 9 heteroatoms. The number of benzene rings is 2. The fourth-order valence-corrected chi connectivity index (χ4v) is 5.26. The van der Waals surface area contributed by atoms with Gasteiger partial charge in [-0.1, -0.05) is 41.4 Å². The van der Waals surface area contributed by atoms with E-state index < -0.39 is 17.7 Å². The van der Waals surface area contributed by atoms with Crippen LogP contribution in [0.4, 0.5) is 5.69 Å². The Morgan fingerprint density at radius 1 is 0.939 bits per heavy atom. The number of hydrogen-bond donors (Lipinski definition) is 2. The van der Waals surface area contributed by atoms with E-state index in [1.54, 1.807) is 23.7 Å². The Kier molecular flexibility index (Phi) is 7.63. The molecule has 2 amide bonds. The summed E-state index contributed by atoms with van der Waals surface area (Å²) >= 11 is 12.1. The van der Waals surface area contributed by atoms with E-state index >= 15 is 0 Å². The molecule has 7 nitrogen and oxygen atoms in total. The average Bonchev–Trinajstić information content (AvgIpc) is 2.83. The molecule has 1 heterocycles. The molecule has 1 saturated heterocycles. The second-order valence-corrected chi connectivity index (χ2v) is 9.37. The molecule has 1 saturated carbocycles. The van der Waals surface area contributed by atoms with E-state index in [0.717, 1.165) is 18.8 Å². The lowest BCUT2D eigenvalue weighted by molar-refractivity contribution is -0.148. The first-order valence-corrected chi connectivity index (χ1v) is 11.9. The number of hydrogen-bond acceptors (Lipinski definition) is 5. The van der Waals surface area contributed by atoms with Crippen LogP contribution in [0.3, 0.4) is 0 Å². The highest BCUT2D eigenvalue weighted by Crippen LogP contribution is 2.35. The van der Waals surface area contributed by atoms with Gasteiger partial charge in [0.2, 0.25) is 11.8 Å². The van der Waals surface area contributed by atoms with Crippen LogP contribution in [-0.4, -0.2) is 54.2 Å². The number of hydroxylamine groups is 1. The maximum atomic E-state index is 13.4. The van der Waals surface area contributed by atoms with Gasteiger partial charge in [0.1, 0.15) is 5.75 Å². The van der Waals surface area contributed by atoms with Crippen molar-refractivity contribution in [1.29, 1.82) is 0 Å². The summed E-state index contributed by atoms with van der Waals surface area (Å²) in [4.78, 5) is 29.9. The molecule has 176 valence electrons. The fourth-order valence-electron chi connectivity index (χ4n) is 4.75. The van der Waals surface area contributed by atoms with Crippen molar-refractivity contribution >= 4 is 40.7 Å². The van der Waals surface area contributed by atoms with Crippen LogP contribution < -0.4 is 15.1 Å². The summed E-state index contributed by atoms with van der Waals surface area (Å²) in [7, 11) is 0. The lowest BCUT2D eigenvalue weighted by Crippen LogP contribution is -2.53. The van der Waals surface area contributed by atoms with Crippen molar-refractivity contribution < 1.29 is 19.5 Å². The molecule has 2 aromatic rings. The number of para-hydroxylation sites is 1. The molecule has 1 aliphatic heterocycles. The summed E-state index contributed by atoms with van der Waals surface area (Å²) in [6.07, 6.45) is 1.13. The Morgan fingerprint density at radius 3 is 2.24 bits per heavy atom. The van der Waals surface area contributed by atoms with E-state index in [0.29, 0.717) is 48.1 Å². The van der Waals surface area contributed by atoms with Crippen LogP contribution in [0.15, 0.2) is 48.5 Å². The highest BCUT2D eigenvalue weighted by molar-refractivity contribution is 6.34. The Balaban J connectivity index is 1.39. The van der Waals surface area contributed by atoms with E-state index in [4.69, 9.17) is 27.9 Å². The molecule has 2 N–H and O–H groups in total. The summed E-state index contributed by atoms with van der Waals surface area (Å²) in [6, 6.07) is 15.1. The Bertz CT molecular complexity index is 963. The lowest BCUT2D eigenvalue weighted by Gasteiger charge is -2.40. The molecule has 1 aliphatic carbocycles. The average molecular weight is 492 g/mol. The maximum Gasteiger partial charge on any atom is 0.247 e. The van der Waals surface area contributed by atoms with Gasteiger partial charge in [0.05, 0.1) is 17.9 Å². The third-order valence-corrected chi connectivity index (χ3v) is 6.85. The monoisotopic (exact) mass is 491 g/mol. The standard InChI is InChI=1S/C24H27Cl2N3O4/c25-16-12-17(26)14-20(13-16)33-19-6-7-21(22(15-19)23(30)27-32)24(31)29-10-8-28(9-11-29)18-4-2-1-3-5-18/h1-5,12-14,19,21-22,32H,6-11,15H2,(H,27,30)/t19-,21-,22-/m1/s1. The van der Waals surface area contributed by atoms with Crippen LogP contribution in [0.2, 0.25) is 10.0 Å². The van der Waals surface area contributed by atoms with Crippen LogP contribution in [0.25, 0.3) is 0 Å². The van der Waals surface area contributed by atoms with Gasteiger partial charge in [-0.25, -0.2) is 5.48 Å². The molecule has 4 rings (SSSR count). The molecular weight excluding hydrogens is 465 g/mol. The zero-order valence-corrected chi connectivity index (χ0v) is 19.6. The zero-order chi connectivity index (χ0) is 23.4. The Morgan fingerprint density at radius 2 is 1.61 bits per heavy atom. The third kappa shape index (κ3) is 5.72. The van der Waals surface area contributed by atoms with Crippen LogP contribution in [0, 0.1) is 11.8 Å². The van der Waals surface area contributed by atoms with Crippen LogP contribution in [-0.2, 0) is 9.59 Å². The first-order chi connectivity index (χ1) is 15.9. The van der Waals surface area contributed by atoms with Gasteiger partial charge in [-0.2, -0.15) is 0 Å². The summed E-state index contributed by atoms with van der Waals surface area (Å²) in [5, 5.41) is 10.2. The molecule has 0 unspecified atom stereocenters. The van der Waals surface area contributed by atoms with Crippen molar-refractivity contribution in [1.82, 2.24) is 10.4 Å². The van der Waals surface area contributed by atoms with Gasteiger partial charge in [-0.3, -0.25) is 14.8 Å². The molecule has 0 spiro atoms. The van der Waals surface area contributed by atoms with E-state index in [1.807, 2.05) is 23.1 Å². The second kappa shape index (κ2) is 10.6. The number of amides is 2. The summed E-state index contributed by atoms with van der Waals surface area (Å²) in [5.41, 5.74) is 2.88. The van der Waals surface area contributed by atoms with Gasteiger partial charge in [0, 0.05) is 41.9 Å². The van der Waals surface area contributed by atoms with Crippen LogP contribution in [0.1, 0.15) is 19.3 Å². The van der Waals surface area contributed by atoms with E-state index in [9.17, 15) is 14.8 Å². The largest absolute Gasteiger partial charge is 0.490 e. The summed E-state index contributed by atoms with van der Waals surface area (Å²) in [5.74, 6) is -1.26. The summed E-state index contributed by atoms with van der Waals surface area (Å²) < 4.78 is 6.02. The number of carbonyl (C=O) groups is 2. The normalized spacial score (nSPS) is 23.2. The first-order valence-electron chi connectivity index (χ1n) is 11.1. The smallest absolute Gasteiger partial charge is 0.247 e. The van der Waals surface area contributed by atoms with Crippen molar-refractivity contribution in [3.8, 4) is 5.75 Å². The predicted octanol–water partition coefficient (Wildman–Crippen LogP) is 4.01. The highest BCUT2D eigenvalue weighted by Gasteiger charge is 2.42. The Hall–Kier alpha value is -2.48. The third-order valence-electron chi connectivity index (χ3n) is 6.42. The predicted molar refractivity (Wildman–Crippen MR) is 127 cm³/mol. The number of ether oxygens (including phenoxy) is 1. The summed E-state index contributed by atoms with van der Waals surface area (Å²) in [6.45, 7) is 2.67. The number of nitrogens with one attached hydrogen (secondary N) is 1. The van der Waals surface area contributed by atoms with Crippen molar-refractivity contribution in [2.75, 3.05) is 31.1 Å². The van der Waals surface area contributed by atoms with Gasteiger partial charge in [0.15, 0.2) is 0 Å². The molecular formula is C24H27Cl2N3O4. The molecule has 0 bridgehead atoms. The minimum absolute atomic E-state index is 0.0411. The minimum atomic E-state index is -0.678. The first kappa shape index (κ1) is 23.7. The number of carbonyl (C=O) groups excluding carboxylic acids is 2. The van der Waals surface area contributed by atoms with Crippen molar-refractivity contribution in [3.63, 3.8) is 0 Å². The van der Waals surface area contributed by atoms with Crippen molar-refractivity contribution in [2.45, 2.75) is 25.4 Å². The van der Waals surface area contributed by atoms with Crippen molar-refractivity contribution in [2.24, 2.45) is 11.8 Å². The van der Waals surface area contributed by atoms with Gasteiger partial charge in [-0.05, 0) is 49.6 Å². The molecule has 0 aromatic heterocycles. The van der Waals surface area contributed by atoms with Gasteiger partial charge in [-0.15, -0.1) is 0 Å².